The summed E-state index contributed by atoms with van der Waals surface area (Å²) in [4.78, 5) is 13.6. The largest absolute Gasteiger partial charge is 0.466 e. The van der Waals surface area contributed by atoms with Crippen LogP contribution in [0.5, 0.6) is 0 Å². The normalized spacial score (nSPS) is 22.4. The molecule has 0 bridgehead atoms. The van der Waals surface area contributed by atoms with Crippen molar-refractivity contribution in [3.63, 3.8) is 0 Å². The molecule has 0 spiro atoms. The van der Waals surface area contributed by atoms with E-state index in [1.807, 2.05) is 0 Å². The van der Waals surface area contributed by atoms with Crippen LogP contribution in [0.25, 0.3) is 0 Å². The molecule has 2 rings (SSSR count). The third-order valence-electron chi connectivity index (χ3n) is 3.51. The highest BCUT2D eigenvalue weighted by molar-refractivity contribution is 5.78. The summed E-state index contributed by atoms with van der Waals surface area (Å²) < 4.78 is 42.3. The van der Waals surface area contributed by atoms with Crippen LogP contribution in [0.4, 0.5) is 19.0 Å². The predicted molar refractivity (Wildman–Crippen MR) is 68.6 cm³/mol. The minimum absolute atomic E-state index is 0.299. The monoisotopic (exact) mass is 303 g/mol. The van der Waals surface area contributed by atoms with Crippen molar-refractivity contribution < 1.29 is 22.7 Å². The first-order valence-corrected chi connectivity index (χ1v) is 6.59. The van der Waals surface area contributed by atoms with Crippen LogP contribution in [0.3, 0.4) is 0 Å². The van der Waals surface area contributed by atoms with E-state index in [-0.39, 0.29) is 5.97 Å². The highest BCUT2D eigenvalue weighted by Crippen LogP contribution is 2.34. The smallest absolute Gasteiger partial charge is 0.435 e. The number of halogens is 3. The average Bonchev–Trinajstić information content (AvgIpc) is 2.82. The molecule has 0 amide bonds. The van der Waals surface area contributed by atoms with E-state index in [2.05, 4.69) is 10.2 Å². The van der Waals surface area contributed by atoms with Gasteiger partial charge in [0, 0.05) is 13.1 Å². The molecule has 1 atom stereocenters. The summed E-state index contributed by atoms with van der Waals surface area (Å²) >= 11 is 0. The van der Waals surface area contributed by atoms with Crippen molar-refractivity contribution in [1.29, 1.82) is 0 Å². The number of alkyl halides is 3. The molecule has 21 heavy (non-hydrogen) atoms. The lowest BCUT2D eigenvalue weighted by Crippen LogP contribution is -2.33. The summed E-state index contributed by atoms with van der Waals surface area (Å²) in [5, 5.41) is 6.79. The maximum atomic E-state index is 12.4. The molecule has 1 aromatic rings. The van der Waals surface area contributed by atoms with Gasteiger partial charge in [-0.1, -0.05) is 0 Å². The first-order chi connectivity index (χ1) is 9.76. The Labute approximate surface area is 120 Å². The van der Waals surface area contributed by atoms with Gasteiger partial charge in [-0.05, 0) is 32.4 Å². The minimum Gasteiger partial charge on any atom is -0.466 e. The summed E-state index contributed by atoms with van der Waals surface area (Å²) in [6.07, 6.45) is -3.94. The third kappa shape index (κ3) is 3.25. The van der Waals surface area contributed by atoms with Gasteiger partial charge in [0.25, 0.3) is 0 Å². The van der Waals surface area contributed by atoms with Crippen molar-refractivity contribution in [1.82, 2.24) is 10.2 Å². The Hall–Kier alpha value is -1.86. The Bertz CT molecular complexity index is 518. The van der Waals surface area contributed by atoms with Gasteiger partial charge in [-0.15, -0.1) is 10.2 Å². The molecule has 116 valence electrons. The number of ether oxygens (including phenoxy) is 1. The van der Waals surface area contributed by atoms with Crippen molar-refractivity contribution in [2.45, 2.75) is 26.4 Å². The number of hydrogen-bond acceptors (Lipinski definition) is 5. The molecule has 1 saturated heterocycles. The van der Waals surface area contributed by atoms with Crippen molar-refractivity contribution in [2.75, 3.05) is 24.6 Å². The molecule has 0 aromatic carbocycles. The molecule has 1 aliphatic rings. The van der Waals surface area contributed by atoms with E-state index in [4.69, 9.17) is 4.74 Å². The van der Waals surface area contributed by atoms with Crippen LogP contribution in [0.1, 0.15) is 26.0 Å². The Kier molecular flexibility index (Phi) is 4.06. The predicted octanol–water partition coefficient (Wildman–Crippen LogP) is 2.27. The number of anilines is 1. The molecule has 1 aromatic heterocycles. The zero-order valence-corrected chi connectivity index (χ0v) is 11.8. The molecule has 0 saturated carbocycles. The topological polar surface area (TPSA) is 55.3 Å². The molecule has 5 nitrogen and oxygen atoms in total. The first kappa shape index (κ1) is 15.5. The maximum Gasteiger partial charge on any atom is 0.435 e. The Morgan fingerprint density at radius 3 is 2.67 bits per heavy atom. The maximum absolute atomic E-state index is 12.4. The number of aromatic nitrogens is 2. The quantitative estimate of drug-likeness (QED) is 0.802. The van der Waals surface area contributed by atoms with Gasteiger partial charge in [0.2, 0.25) is 0 Å². The second-order valence-corrected chi connectivity index (χ2v) is 5.23. The lowest BCUT2D eigenvalue weighted by Gasteiger charge is -2.22. The van der Waals surface area contributed by atoms with Crippen molar-refractivity contribution in [2.24, 2.45) is 5.41 Å². The van der Waals surface area contributed by atoms with Gasteiger partial charge in [-0.25, -0.2) is 0 Å². The number of hydrogen-bond donors (Lipinski definition) is 0. The van der Waals surface area contributed by atoms with E-state index in [1.165, 1.54) is 6.07 Å². The van der Waals surface area contributed by atoms with E-state index in [0.29, 0.717) is 31.9 Å². The van der Waals surface area contributed by atoms with E-state index in [1.54, 1.807) is 18.7 Å². The Balaban J connectivity index is 2.09. The fourth-order valence-corrected chi connectivity index (χ4v) is 2.27. The fourth-order valence-electron chi connectivity index (χ4n) is 2.27. The molecule has 0 N–H and O–H groups in total. The molecule has 2 heterocycles. The molecule has 1 fully saturated rings. The summed E-state index contributed by atoms with van der Waals surface area (Å²) in [6, 6.07) is 2.16. The number of carbonyl (C=O) groups excluding carboxylic acids is 1. The highest BCUT2D eigenvalue weighted by Gasteiger charge is 2.42. The summed E-state index contributed by atoms with van der Waals surface area (Å²) in [7, 11) is 0. The van der Waals surface area contributed by atoms with Gasteiger partial charge < -0.3 is 9.64 Å². The number of carbonyl (C=O) groups is 1. The molecular formula is C13H16F3N3O2. The second-order valence-electron chi connectivity index (χ2n) is 5.23. The van der Waals surface area contributed by atoms with E-state index < -0.39 is 17.3 Å². The van der Waals surface area contributed by atoms with E-state index in [9.17, 15) is 18.0 Å². The lowest BCUT2D eigenvalue weighted by molar-refractivity contribution is -0.153. The van der Waals surface area contributed by atoms with Crippen LogP contribution in [0.2, 0.25) is 0 Å². The standard InChI is InChI=1S/C13H16F3N3O2/c1-3-21-11(20)12(2)6-7-19(8-12)10-5-4-9(17-18-10)13(14,15)16/h4-5H,3,6-8H2,1-2H3. The summed E-state index contributed by atoms with van der Waals surface area (Å²) in [5.41, 5.74) is -1.70. The van der Waals surface area contributed by atoms with Crippen molar-refractivity contribution in [3.05, 3.63) is 17.8 Å². The number of rotatable bonds is 3. The third-order valence-corrected chi connectivity index (χ3v) is 3.51. The van der Waals surface area contributed by atoms with E-state index in [0.717, 1.165) is 6.07 Å². The van der Waals surface area contributed by atoms with Crippen LogP contribution in [0.15, 0.2) is 12.1 Å². The molecule has 8 heteroatoms. The van der Waals surface area contributed by atoms with Gasteiger partial charge in [-0.2, -0.15) is 13.2 Å². The van der Waals surface area contributed by atoms with Crippen LogP contribution in [-0.4, -0.2) is 35.9 Å². The van der Waals surface area contributed by atoms with Gasteiger partial charge in [0.05, 0.1) is 12.0 Å². The second kappa shape index (κ2) is 5.50. The minimum atomic E-state index is -4.50. The Morgan fingerprint density at radius 2 is 2.14 bits per heavy atom. The average molecular weight is 303 g/mol. The van der Waals surface area contributed by atoms with Crippen LogP contribution >= 0.6 is 0 Å². The SMILES string of the molecule is CCOC(=O)C1(C)CCN(c2ccc(C(F)(F)F)nn2)C1. The summed E-state index contributed by atoms with van der Waals surface area (Å²) in [6.45, 7) is 4.69. The Morgan fingerprint density at radius 1 is 1.43 bits per heavy atom. The molecule has 0 radical (unpaired) electrons. The van der Waals surface area contributed by atoms with E-state index >= 15 is 0 Å². The fraction of sp³-hybridized carbons (Fsp3) is 0.615. The molecule has 1 unspecified atom stereocenters. The zero-order chi connectivity index (χ0) is 15.7. The lowest BCUT2D eigenvalue weighted by atomic mass is 9.90. The number of nitrogens with zero attached hydrogens (tertiary/aromatic N) is 3. The molecule has 1 aliphatic heterocycles. The number of esters is 1. The van der Waals surface area contributed by atoms with Crippen molar-refractivity contribution in [3.8, 4) is 0 Å². The van der Waals surface area contributed by atoms with Crippen LogP contribution in [-0.2, 0) is 15.7 Å². The van der Waals surface area contributed by atoms with Gasteiger partial charge in [0.1, 0.15) is 0 Å². The zero-order valence-electron chi connectivity index (χ0n) is 11.8. The summed E-state index contributed by atoms with van der Waals surface area (Å²) in [5.74, 6) is 0.0309. The first-order valence-electron chi connectivity index (χ1n) is 6.59. The van der Waals surface area contributed by atoms with Crippen molar-refractivity contribution >= 4 is 11.8 Å². The van der Waals surface area contributed by atoms with Gasteiger partial charge in [0.15, 0.2) is 11.5 Å². The highest BCUT2D eigenvalue weighted by atomic mass is 19.4. The molecular weight excluding hydrogens is 287 g/mol. The van der Waals surface area contributed by atoms with Crippen LogP contribution in [0, 0.1) is 5.41 Å². The molecule has 0 aliphatic carbocycles. The van der Waals surface area contributed by atoms with Gasteiger partial charge >= 0.3 is 12.1 Å². The van der Waals surface area contributed by atoms with Crippen LogP contribution < -0.4 is 4.90 Å². The van der Waals surface area contributed by atoms with Gasteiger partial charge in [-0.3, -0.25) is 4.79 Å².